The molecule has 0 aliphatic rings. The molecule has 0 bridgehead atoms. The molecular formula is C12H9ClN4O2S. The lowest BCUT2D eigenvalue weighted by Gasteiger charge is -2.00. The van der Waals surface area contributed by atoms with Crippen LogP contribution in [0.25, 0.3) is 6.08 Å². The van der Waals surface area contributed by atoms with Crippen molar-refractivity contribution in [3.05, 3.63) is 46.2 Å². The van der Waals surface area contributed by atoms with Gasteiger partial charge in [0.1, 0.15) is 11.8 Å². The molecule has 0 aliphatic heterocycles. The third kappa shape index (κ3) is 2.71. The Morgan fingerprint density at radius 2 is 2.25 bits per heavy atom. The number of rotatable bonds is 3. The second-order valence-corrected chi connectivity index (χ2v) is 6.10. The Bertz CT molecular complexity index is 804. The zero-order valence-electron chi connectivity index (χ0n) is 10.4. The first-order valence-corrected chi connectivity index (χ1v) is 7.28. The van der Waals surface area contributed by atoms with Gasteiger partial charge in [-0.3, -0.25) is 4.68 Å². The molecule has 0 spiro atoms. The maximum absolute atomic E-state index is 12.3. The largest absolute Gasteiger partial charge is 0.274 e. The number of aryl methyl sites for hydroxylation is 1. The summed E-state index contributed by atoms with van der Waals surface area (Å²) in [6, 6.07) is 6.09. The van der Waals surface area contributed by atoms with E-state index in [1.165, 1.54) is 29.2 Å². The average molecular weight is 309 g/mol. The average Bonchev–Trinajstić information content (AvgIpc) is 2.75. The van der Waals surface area contributed by atoms with Gasteiger partial charge >= 0.3 is 0 Å². The lowest BCUT2D eigenvalue weighted by atomic mass is 10.4. The highest BCUT2D eigenvalue weighted by molar-refractivity contribution is 7.95. The molecular weight excluding hydrogens is 300 g/mol. The zero-order valence-corrected chi connectivity index (χ0v) is 11.9. The SMILES string of the molecule is Cn1cc(Cl)c(/C=C(/C#N)S(=O)(=O)c2ccccn2)n1. The predicted molar refractivity (Wildman–Crippen MR) is 73.2 cm³/mol. The van der Waals surface area contributed by atoms with E-state index in [9.17, 15) is 8.42 Å². The molecule has 6 nitrogen and oxygen atoms in total. The summed E-state index contributed by atoms with van der Waals surface area (Å²) in [6.45, 7) is 0. The Kier molecular flexibility index (Phi) is 3.88. The molecule has 8 heteroatoms. The number of hydrogen-bond donors (Lipinski definition) is 0. The molecule has 2 aromatic heterocycles. The highest BCUT2D eigenvalue weighted by atomic mass is 35.5. The fraction of sp³-hybridized carbons (Fsp3) is 0.0833. The smallest absolute Gasteiger partial charge is 0.233 e. The number of nitrogens with zero attached hydrogens (tertiary/aromatic N) is 4. The first-order valence-electron chi connectivity index (χ1n) is 5.42. The van der Waals surface area contributed by atoms with E-state index in [1.54, 1.807) is 19.2 Å². The van der Waals surface area contributed by atoms with Crippen molar-refractivity contribution in [2.24, 2.45) is 7.05 Å². The van der Waals surface area contributed by atoms with Crippen LogP contribution in [0.2, 0.25) is 5.02 Å². The van der Waals surface area contributed by atoms with E-state index in [0.29, 0.717) is 0 Å². The molecule has 2 heterocycles. The van der Waals surface area contributed by atoms with Crippen molar-refractivity contribution in [3.63, 3.8) is 0 Å². The van der Waals surface area contributed by atoms with E-state index in [2.05, 4.69) is 10.1 Å². The van der Waals surface area contributed by atoms with Gasteiger partial charge in [0.2, 0.25) is 9.84 Å². The maximum atomic E-state index is 12.3. The van der Waals surface area contributed by atoms with Crippen LogP contribution in [-0.2, 0) is 16.9 Å². The first kappa shape index (κ1) is 14.2. The second-order valence-electron chi connectivity index (χ2n) is 3.83. The Labute approximate surface area is 120 Å². The minimum Gasteiger partial charge on any atom is -0.274 e. The molecule has 0 atom stereocenters. The van der Waals surface area contributed by atoms with Gasteiger partial charge in [-0.25, -0.2) is 13.4 Å². The molecule has 20 heavy (non-hydrogen) atoms. The highest BCUT2D eigenvalue weighted by Gasteiger charge is 2.22. The fourth-order valence-corrected chi connectivity index (χ4v) is 2.79. The molecule has 2 aromatic rings. The van der Waals surface area contributed by atoms with Gasteiger partial charge in [0, 0.05) is 19.4 Å². The molecule has 0 saturated carbocycles. The zero-order chi connectivity index (χ0) is 14.8. The van der Waals surface area contributed by atoms with Gasteiger partial charge in [0.25, 0.3) is 0 Å². The minimum atomic E-state index is -3.98. The van der Waals surface area contributed by atoms with E-state index in [0.717, 1.165) is 6.08 Å². The van der Waals surface area contributed by atoms with Gasteiger partial charge in [-0.1, -0.05) is 17.7 Å². The molecule has 0 aliphatic carbocycles. The van der Waals surface area contributed by atoms with Gasteiger partial charge in [-0.2, -0.15) is 10.4 Å². The number of nitriles is 1. The Morgan fingerprint density at radius 1 is 1.50 bits per heavy atom. The van der Waals surface area contributed by atoms with Crippen LogP contribution in [0.1, 0.15) is 5.69 Å². The van der Waals surface area contributed by atoms with Crippen molar-refractivity contribution in [1.82, 2.24) is 14.8 Å². The molecule has 0 N–H and O–H groups in total. The monoisotopic (exact) mass is 308 g/mol. The van der Waals surface area contributed by atoms with Crippen molar-refractivity contribution in [2.75, 3.05) is 0 Å². The van der Waals surface area contributed by atoms with Crippen LogP contribution in [0, 0.1) is 11.3 Å². The van der Waals surface area contributed by atoms with Gasteiger partial charge < -0.3 is 0 Å². The highest BCUT2D eigenvalue weighted by Crippen LogP contribution is 2.22. The van der Waals surface area contributed by atoms with Crippen LogP contribution in [0.5, 0.6) is 0 Å². The van der Waals surface area contributed by atoms with E-state index in [-0.39, 0.29) is 15.7 Å². The fourth-order valence-electron chi connectivity index (χ4n) is 1.49. The lowest BCUT2D eigenvalue weighted by molar-refractivity contribution is 0.599. The minimum absolute atomic E-state index is 0.195. The summed E-state index contributed by atoms with van der Waals surface area (Å²) in [5.41, 5.74) is 0.213. The van der Waals surface area contributed by atoms with Crippen molar-refractivity contribution >= 4 is 27.5 Å². The quantitative estimate of drug-likeness (QED) is 0.807. The maximum Gasteiger partial charge on any atom is 0.233 e. The van der Waals surface area contributed by atoms with Crippen molar-refractivity contribution in [3.8, 4) is 6.07 Å². The van der Waals surface area contributed by atoms with Crippen molar-refractivity contribution < 1.29 is 8.42 Å². The van der Waals surface area contributed by atoms with E-state index < -0.39 is 14.7 Å². The molecule has 0 fully saturated rings. The summed E-state index contributed by atoms with van der Waals surface area (Å²) in [4.78, 5) is 3.29. The van der Waals surface area contributed by atoms with Crippen LogP contribution in [-0.4, -0.2) is 23.2 Å². The molecule has 0 amide bonds. The normalized spacial score (nSPS) is 12.2. The molecule has 102 valence electrons. The van der Waals surface area contributed by atoms with Crippen LogP contribution >= 0.6 is 11.6 Å². The van der Waals surface area contributed by atoms with Crippen molar-refractivity contribution in [1.29, 1.82) is 5.26 Å². The van der Waals surface area contributed by atoms with E-state index in [1.807, 2.05) is 0 Å². The summed E-state index contributed by atoms with van der Waals surface area (Å²) < 4.78 is 25.9. The van der Waals surface area contributed by atoms with Gasteiger partial charge in [-0.05, 0) is 18.2 Å². The number of halogens is 1. The summed E-state index contributed by atoms with van der Waals surface area (Å²) >= 11 is 5.89. The number of aromatic nitrogens is 3. The Morgan fingerprint density at radius 3 is 2.75 bits per heavy atom. The summed E-state index contributed by atoms with van der Waals surface area (Å²) in [5, 5.41) is 13.1. The van der Waals surface area contributed by atoms with Crippen LogP contribution < -0.4 is 0 Å². The van der Waals surface area contributed by atoms with Crippen LogP contribution in [0.3, 0.4) is 0 Å². The van der Waals surface area contributed by atoms with E-state index >= 15 is 0 Å². The molecule has 0 radical (unpaired) electrons. The lowest BCUT2D eigenvalue weighted by Crippen LogP contribution is -2.05. The summed E-state index contributed by atoms with van der Waals surface area (Å²) in [7, 11) is -2.33. The van der Waals surface area contributed by atoms with Crippen LogP contribution in [0.4, 0.5) is 0 Å². The first-order chi connectivity index (χ1) is 9.45. The van der Waals surface area contributed by atoms with Crippen molar-refractivity contribution in [2.45, 2.75) is 5.03 Å². The number of pyridine rings is 1. The van der Waals surface area contributed by atoms with Gasteiger partial charge in [0.15, 0.2) is 9.93 Å². The number of sulfone groups is 1. The third-order valence-corrected chi connectivity index (χ3v) is 4.26. The molecule has 2 rings (SSSR count). The molecule has 0 aromatic carbocycles. The predicted octanol–water partition coefficient (Wildman–Crippen LogP) is 1.81. The Hall–Kier alpha value is -2.17. The molecule has 0 saturated heterocycles. The Balaban J connectivity index is 2.54. The van der Waals surface area contributed by atoms with Gasteiger partial charge in [-0.15, -0.1) is 0 Å². The summed E-state index contributed by atoms with van der Waals surface area (Å²) in [5.74, 6) is 0. The van der Waals surface area contributed by atoms with E-state index in [4.69, 9.17) is 16.9 Å². The number of hydrogen-bond acceptors (Lipinski definition) is 5. The second kappa shape index (κ2) is 5.45. The standard InChI is InChI=1S/C12H9ClN4O2S/c1-17-8-10(13)11(16-17)6-9(7-14)20(18,19)12-4-2-3-5-15-12/h2-6,8H,1H3/b9-6-. The topological polar surface area (TPSA) is 88.6 Å². The van der Waals surface area contributed by atoms with Crippen LogP contribution in [0.15, 0.2) is 40.5 Å². The number of allylic oxidation sites excluding steroid dienone is 1. The molecule has 0 unspecified atom stereocenters. The summed E-state index contributed by atoms with van der Waals surface area (Å²) in [6.07, 6.45) is 3.98. The van der Waals surface area contributed by atoms with Gasteiger partial charge in [0.05, 0.1) is 5.02 Å². The third-order valence-electron chi connectivity index (χ3n) is 2.39.